The largest absolute Gasteiger partial charge is 0.444 e. The normalized spacial score (nSPS) is 14.7. The molecule has 0 radical (unpaired) electrons. The summed E-state index contributed by atoms with van der Waals surface area (Å²) in [7, 11) is 1.76. The van der Waals surface area contributed by atoms with Crippen molar-refractivity contribution in [3.8, 4) is 11.5 Å². The highest BCUT2D eigenvalue weighted by atomic mass is 127. The van der Waals surface area contributed by atoms with Gasteiger partial charge in [0.2, 0.25) is 5.89 Å². The van der Waals surface area contributed by atoms with Crippen LogP contribution in [0.4, 0.5) is 10.1 Å². The summed E-state index contributed by atoms with van der Waals surface area (Å²) in [6.45, 7) is 4.33. The SMILES string of the molecule is CN=C(NCc1coc(-c2ccc(C)cc2)n1)NC1CCN(c2cccc(F)c2)CC1.I. The molecule has 2 aromatic carbocycles. The van der Waals surface area contributed by atoms with Gasteiger partial charge in [-0.3, -0.25) is 4.99 Å². The van der Waals surface area contributed by atoms with Gasteiger partial charge >= 0.3 is 0 Å². The molecule has 0 spiro atoms. The summed E-state index contributed by atoms with van der Waals surface area (Å²) >= 11 is 0. The summed E-state index contributed by atoms with van der Waals surface area (Å²) in [4.78, 5) is 11.1. The fourth-order valence-electron chi connectivity index (χ4n) is 3.73. The maximum Gasteiger partial charge on any atom is 0.226 e. The van der Waals surface area contributed by atoms with Crippen molar-refractivity contribution >= 4 is 35.6 Å². The Morgan fingerprint density at radius 2 is 1.94 bits per heavy atom. The molecule has 1 saturated heterocycles. The second-order valence-electron chi connectivity index (χ2n) is 7.82. The lowest BCUT2D eigenvalue weighted by atomic mass is 10.0. The standard InChI is InChI=1S/C24H28FN5O.HI/c1-17-6-8-18(9-7-17)23-28-21(16-31-23)15-27-24(26-2)29-20-10-12-30(13-11-20)22-5-3-4-19(25)14-22;/h3-9,14,16,20H,10-13,15H2,1-2H3,(H2,26,27,29);1H. The Kier molecular flexibility index (Phi) is 8.49. The maximum atomic E-state index is 13.5. The van der Waals surface area contributed by atoms with Gasteiger partial charge in [-0.2, -0.15) is 0 Å². The van der Waals surface area contributed by atoms with Gasteiger partial charge in [0.05, 0.1) is 12.2 Å². The van der Waals surface area contributed by atoms with Crippen LogP contribution < -0.4 is 15.5 Å². The Balaban J connectivity index is 0.00000289. The van der Waals surface area contributed by atoms with Crippen molar-refractivity contribution < 1.29 is 8.81 Å². The minimum absolute atomic E-state index is 0. The molecule has 0 bridgehead atoms. The number of nitrogens with one attached hydrogen (secondary N) is 2. The molecule has 0 atom stereocenters. The van der Waals surface area contributed by atoms with E-state index in [0.29, 0.717) is 18.5 Å². The summed E-state index contributed by atoms with van der Waals surface area (Å²) < 4.78 is 19.1. The summed E-state index contributed by atoms with van der Waals surface area (Å²) in [6, 6.07) is 15.2. The van der Waals surface area contributed by atoms with E-state index in [9.17, 15) is 4.39 Å². The Morgan fingerprint density at radius 3 is 2.62 bits per heavy atom. The van der Waals surface area contributed by atoms with E-state index in [2.05, 4.69) is 32.4 Å². The molecule has 1 aliphatic rings. The number of rotatable bonds is 5. The first-order chi connectivity index (χ1) is 15.1. The van der Waals surface area contributed by atoms with Crippen molar-refractivity contribution in [2.24, 2.45) is 4.99 Å². The number of anilines is 1. The van der Waals surface area contributed by atoms with Gasteiger partial charge in [-0.05, 0) is 50.1 Å². The van der Waals surface area contributed by atoms with E-state index in [4.69, 9.17) is 4.42 Å². The van der Waals surface area contributed by atoms with Crippen LogP contribution in [0.1, 0.15) is 24.1 Å². The maximum absolute atomic E-state index is 13.5. The van der Waals surface area contributed by atoms with E-state index >= 15 is 0 Å². The molecule has 1 aliphatic heterocycles. The number of aliphatic imine (C=N–C) groups is 1. The van der Waals surface area contributed by atoms with Crippen molar-refractivity contribution in [2.45, 2.75) is 32.4 Å². The van der Waals surface area contributed by atoms with Crippen LogP contribution in [-0.2, 0) is 6.54 Å². The van der Waals surface area contributed by atoms with E-state index < -0.39 is 0 Å². The van der Waals surface area contributed by atoms with Gasteiger partial charge in [0.25, 0.3) is 0 Å². The van der Waals surface area contributed by atoms with Crippen LogP contribution in [0.25, 0.3) is 11.5 Å². The molecule has 0 amide bonds. The van der Waals surface area contributed by atoms with E-state index in [1.54, 1.807) is 25.4 Å². The number of guanidine groups is 1. The summed E-state index contributed by atoms with van der Waals surface area (Å²) in [6.07, 6.45) is 3.59. The minimum Gasteiger partial charge on any atom is -0.444 e. The molecular formula is C24H29FIN5O. The van der Waals surface area contributed by atoms with Gasteiger partial charge in [0, 0.05) is 37.4 Å². The number of piperidine rings is 1. The van der Waals surface area contributed by atoms with Gasteiger partial charge in [-0.1, -0.05) is 23.8 Å². The number of aryl methyl sites for hydroxylation is 1. The molecule has 2 N–H and O–H groups in total. The molecule has 0 aliphatic carbocycles. The Hall–Kier alpha value is -2.62. The Labute approximate surface area is 205 Å². The van der Waals surface area contributed by atoms with Crippen LogP contribution in [0.3, 0.4) is 0 Å². The zero-order valence-corrected chi connectivity index (χ0v) is 20.7. The lowest BCUT2D eigenvalue weighted by Crippen LogP contribution is -2.48. The highest BCUT2D eigenvalue weighted by molar-refractivity contribution is 14.0. The van der Waals surface area contributed by atoms with Gasteiger partial charge in [-0.15, -0.1) is 24.0 Å². The lowest BCUT2D eigenvalue weighted by Gasteiger charge is -2.34. The third-order valence-corrected chi connectivity index (χ3v) is 5.52. The van der Waals surface area contributed by atoms with Crippen LogP contribution in [-0.4, -0.2) is 37.1 Å². The number of aromatic nitrogens is 1. The molecule has 32 heavy (non-hydrogen) atoms. The lowest BCUT2D eigenvalue weighted by molar-refractivity contribution is 0.461. The Bertz CT molecular complexity index is 1030. The number of nitrogens with zero attached hydrogens (tertiary/aromatic N) is 3. The van der Waals surface area contributed by atoms with Crippen molar-refractivity contribution in [2.75, 3.05) is 25.0 Å². The molecule has 8 heteroatoms. The first-order valence-electron chi connectivity index (χ1n) is 10.6. The number of benzene rings is 2. The highest BCUT2D eigenvalue weighted by Crippen LogP contribution is 2.21. The molecule has 170 valence electrons. The number of halogens is 2. The highest BCUT2D eigenvalue weighted by Gasteiger charge is 2.20. The predicted molar refractivity (Wildman–Crippen MR) is 137 cm³/mol. The quantitative estimate of drug-likeness (QED) is 0.274. The molecule has 1 aromatic heterocycles. The number of hydrogen-bond acceptors (Lipinski definition) is 4. The molecule has 3 aromatic rings. The molecule has 4 rings (SSSR count). The minimum atomic E-state index is -0.194. The van der Waals surface area contributed by atoms with Gasteiger partial charge in [-0.25, -0.2) is 9.37 Å². The fourth-order valence-corrected chi connectivity index (χ4v) is 3.73. The monoisotopic (exact) mass is 549 g/mol. The second kappa shape index (κ2) is 11.3. The van der Waals surface area contributed by atoms with E-state index in [1.807, 2.05) is 30.3 Å². The average molecular weight is 549 g/mol. The van der Waals surface area contributed by atoms with E-state index in [-0.39, 0.29) is 29.8 Å². The molecule has 1 fully saturated rings. The van der Waals surface area contributed by atoms with Crippen molar-refractivity contribution in [1.82, 2.24) is 15.6 Å². The summed E-state index contributed by atoms with van der Waals surface area (Å²) in [5.74, 6) is 1.16. The van der Waals surface area contributed by atoms with Crippen molar-refractivity contribution in [3.63, 3.8) is 0 Å². The second-order valence-corrected chi connectivity index (χ2v) is 7.82. The van der Waals surface area contributed by atoms with E-state index in [0.717, 1.165) is 48.8 Å². The van der Waals surface area contributed by atoms with Crippen molar-refractivity contribution in [3.05, 3.63) is 71.9 Å². The summed E-state index contributed by atoms with van der Waals surface area (Å²) in [5.41, 5.74) is 3.93. The van der Waals surface area contributed by atoms with Gasteiger partial charge in [0.15, 0.2) is 5.96 Å². The van der Waals surface area contributed by atoms with Crippen LogP contribution >= 0.6 is 24.0 Å². The van der Waals surface area contributed by atoms with E-state index in [1.165, 1.54) is 11.6 Å². The first-order valence-corrected chi connectivity index (χ1v) is 10.6. The zero-order chi connectivity index (χ0) is 21.6. The topological polar surface area (TPSA) is 65.7 Å². The Morgan fingerprint density at radius 1 is 1.19 bits per heavy atom. The van der Waals surface area contributed by atoms with Gasteiger partial charge in [0.1, 0.15) is 12.1 Å². The molecule has 2 heterocycles. The number of oxazole rings is 1. The third-order valence-electron chi connectivity index (χ3n) is 5.52. The van der Waals surface area contributed by atoms with Crippen LogP contribution in [0.5, 0.6) is 0 Å². The average Bonchev–Trinajstić information content (AvgIpc) is 3.26. The molecule has 6 nitrogen and oxygen atoms in total. The molecule has 0 saturated carbocycles. The van der Waals surface area contributed by atoms with Gasteiger partial charge < -0.3 is 20.0 Å². The third kappa shape index (κ3) is 6.21. The first kappa shape index (κ1) is 24.0. The van der Waals surface area contributed by atoms with Crippen LogP contribution in [0.2, 0.25) is 0 Å². The molecular weight excluding hydrogens is 520 g/mol. The fraction of sp³-hybridized carbons (Fsp3) is 0.333. The van der Waals surface area contributed by atoms with Crippen LogP contribution in [0.15, 0.2) is 64.2 Å². The molecule has 0 unspecified atom stereocenters. The van der Waals surface area contributed by atoms with Crippen LogP contribution in [0, 0.1) is 12.7 Å². The zero-order valence-electron chi connectivity index (χ0n) is 18.3. The smallest absolute Gasteiger partial charge is 0.226 e. The number of hydrogen-bond donors (Lipinski definition) is 2. The predicted octanol–water partition coefficient (Wildman–Crippen LogP) is 4.74. The van der Waals surface area contributed by atoms with Crippen molar-refractivity contribution in [1.29, 1.82) is 0 Å². The summed E-state index contributed by atoms with van der Waals surface area (Å²) in [5, 5.41) is 6.79.